The third kappa shape index (κ3) is 5.80. The maximum absolute atomic E-state index is 13.9. The van der Waals surface area contributed by atoms with Crippen molar-refractivity contribution >= 4 is 23.6 Å². The number of likely N-dealkylation sites (tertiary alicyclic amines) is 1. The molecular formula is C27H41N3O5. The molecule has 0 bridgehead atoms. The molecular weight excluding hydrogens is 446 g/mol. The molecule has 2 heterocycles. The molecule has 0 aliphatic carbocycles. The number of hydrogen-bond acceptors (Lipinski definition) is 4. The van der Waals surface area contributed by atoms with Gasteiger partial charge >= 0.3 is 6.09 Å². The summed E-state index contributed by atoms with van der Waals surface area (Å²) in [6.07, 6.45) is 2.87. The van der Waals surface area contributed by atoms with E-state index in [1.54, 1.807) is 7.11 Å². The third-order valence-electron chi connectivity index (χ3n) is 7.23. The predicted octanol–water partition coefficient (Wildman–Crippen LogP) is 4.33. The van der Waals surface area contributed by atoms with Crippen LogP contribution in [0.25, 0.3) is 0 Å². The van der Waals surface area contributed by atoms with Crippen LogP contribution in [0.15, 0.2) is 12.1 Å². The molecule has 0 aromatic heterocycles. The van der Waals surface area contributed by atoms with Gasteiger partial charge in [-0.3, -0.25) is 9.59 Å². The van der Waals surface area contributed by atoms with Gasteiger partial charge in [0, 0.05) is 56.1 Å². The molecule has 1 aromatic carbocycles. The Morgan fingerprint density at radius 3 is 2.60 bits per heavy atom. The fourth-order valence-corrected chi connectivity index (χ4v) is 5.46. The summed E-state index contributed by atoms with van der Waals surface area (Å²) in [5.41, 5.74) is 2.87. The quantitative estimate of drug-likeness (QED) is 0.551. The number of fused-ring (bicyclic) bond motifs is 1. The van der Waals surface area contributed by atoms with E-state index in [1.807, 2.05) is 50.5 Å². The van der Waals surface area contributed by atoms with Crippen molar-refractivity contribution in [3.05, 3.63) is 28.8 Å². The molecule has 0 radical (unpaired) electrons. The van der Waals surface area contributed by atoms with Crippen molar-refractivity contribution in [2.75, 3.05) is 38.3 Å². The number of anilines is 1. The second kappa shape index (κ2) is 11.0. The van der Waals surface area contributed by atoms with Gasteiger partial charge in [0.25, 0.3) is 5.91 Å². The van der Waals surface area contributed by atoms with Crippen LogP contribution in [0.5, 0.6) is 0 Å². The van der Waals surface area contributed by atoms with Crippen LogP contribution in [0.4, 0.5) is 10.5 Å². The largest absolute Gasteiger partial charge is 0.465 e. The molecule has 8 nitrogen and oxygen atoms in total. The van der Waals surface area contributed by atoms with Gasteiger partial charge in [-0.05, 0) is 70.1 Å². The Morgan fingerprint density at radius 1 is 1.26 bits per heavy atom. The third-order valence-corrected chi connectivity index (χ3v) is 7.23. The van der Waals surface area contributed by atoms with Crippen LogP contribution in [0.1, 0.15) is 74.9 Å². The van der Waals surface area contributed by atoms with Crippen LogP contribution < -0.4 is 4.90 Å². The number of nitrogens with zero attached hydrogens (tertiary/aromatic N) is 3. The molecule has 1 fully saturated rings. The molecule has 1 N–H and O–H groups in total. The monoisotopic (exact) mass is 487 g/mol. The zero-order valence-electron chi connectivity index (χ0n) is 22.1. The molecule has 8 heteroatoms. The van der Waals surface area contributed by atoms with Crippen molar-refractivity contribution in [2.45, 2.75) is 78.8 Å². The van der Waals surface area contributed by atoms with Crippen LogP contribution in [0, 0.1) is 12.3 Å². The lowest BCUT2D eigenvalue weighted by Crippen LogP contribution is -2.54. The molecule has 3 rings (SSSR count). The summed E-state index contributed by atoms with van der Waals surface area (Å²) in [4.78, 5) is 43.9. The number of piperidine rings is 1. The van der Waals surface area contributed by atoms with Gasteiger partial charge in [-0.25, -0.2) is 4.79 Å². The highest BCUT2D eigenvalue weighted by Gasteiger charge is 2.40. The Morgan fingerprint density at radius 2 is 1.97 bits per heavy atom. The van der Waals surface area contributed by atoms with Crippen LogP contribution in [-0.2, 0) is 16.0 Å². The number of carbonyl (C=O) groups is 3. The SMILES string of the molecule is COCCCCN1C(=O)C(C)(C)Cc2cc(C)c(C(=O)N(C(C)C)[C@@H]3CCCN(C(=O)O)C3)cc21. The topological polar surface area (TPSA) is 90.4 Å². The Kier molecular flexibility index (Phi) is 8.46. The van der Waals surface area contributed by atoms with E-state index in [9.17, 15) is 19.5 Å². The molecule has 1 aromatic rings. The minimum atomic E-state index is -0.943. The van der Waals surface area contributed by atoms with Crippen molar-refractivity contribution in [3.63, 3.8) is 0 Å². The van der Waals surface area contributed by atoms with E-state index in [1.165, 1.54) is 4.90 Å². The first kappa shape index (κ1) is 27.0. The maximum atomic E-state index is 13.9. The minimum Gasteiger partial charge on any atom is -0.465 e. The normalized spacial score (nSPS) is 19.6. The summed E-state index contributed by atoms with van der Waals surface area (Å²) >= 11 is 0. The predicted molar refractivity (Wildman–Crippen MR) is 136 cm³/mol. The highest BCUT2D eigenvalue weighted by molar-refractivity contribution is 6.03. The van der Waals surface area contributed by atoms with Gasteiger partial charge in [0.15, 0.2) is 0 Å². The van der Waals surface area contributed by atoms with Crippen molar-refractivity contribution in [1.29, 1.82) is 0 Å². The van der Waals surface area contributed by atoms with Crippen LogP contribution >= 0.6 is 0 Å². The Balaban J connectivity index is 1.96. The van der Waals surface area contributed by atoms with E-state index in [0.29, 0.717) is 38.2 Å². The molecule has 35 heavy (non-hydrogen) atoms. The highest BCUT2D eigenvalue weighted by Crippen LogP contribution is 2.39. The number of carboxylic acid groups (broad SMARTS) is 1. The van der Waals surface area contributed by atoms with Gasteiger partial charge in [0.05, 0.1) is 6.04 Å². The van der Waals surface area contributed by atoms with Crippen LogP contribution in [0.2, 0.25) is 0 Å². The van der Waals surface area contributed by atoms with Gasteiger partial charge in [-0.15, -0.1) is 0 Å². The standard InChI is InChI=1S/C27H41N3O5/c1-18(2)30(21-10-9-11-28(17-21)26(33)34)24(31)22-15-23-20(14-19(22)3)16-27(4,5)25(32)29(23)12-7-8-13-35-6/h14-15,18,21H,7-13,16-17H2,1-6H3,(H,33,34)/t21-/m1/s1. The van der Waals surface area contributed by atoms with E-state index in [0.717, 1.165) is 42.5 Å². The number of amides is 3. The molecule has 0 spiro atoms. The Labute approximate surface area is 209 Å². The molecule has 0 unspecified atom stereocenters. The second-order valence-electron chi connectivity index (χ2n) is 10.8. The lowest BCUT2D eigenvalue weighted by atomic mass is 9.79. The maximum Gasteiger partial charge on any atom is 0.407 e. The number of benzene rings is 1. The summed E-state index contributed by atoms with van der Waals surface area (Å²) in [6.45, 7) is 11.9. The number of aryl methyl sites for hydroxylation is 1. The molecule has 2 aliphatic rings. The average Bonchev–Trinajstić information content (AvgIpc) is 2.78. The Bertz CT molecular complexity index is 958. The molecule has 2 aliphatic heterocycles. The average molecular weight is 488 g/mol. The van der Waals surface area contributed by atoms with E-state index in [2.05, 4.69) is 6.07 Å². The Hall–Kier alpha value is -2.61. The van der Waals surface area contributed by atoms with Gasteiger partial charge in [-0.1, -0.05) is 19.9 Å². The number of methoxy groups -OCH3 is 1. The lowest BCUT2D eigenvalue weighted by Gasteiger charge is -2.42. The van der Waals surface area contributed by atoms with Crippen molar-refractivity contribution in [2.24, 2.45) is 5.41 Å². The van der Waals surface area contributed by atoms with Crippen LogP contribution in [-0.4, -0.2) is 78.2 Å². The molecule has 1 atom stereocenters. The van der Waals surface area contributed by atoms with Crippen LogP contribution in [0.3, 0.4) is 0 Å². The number of rotatable bonds is 8. The van der Waals surface area contributed by atoms with E-state index >= 15 is 0 Å². The number of unbranched alkanes of at least 4 members (excludes halogenated alkanes) is 1. The van der Waals surface area contributed by atoms with Gasteiger partial charge in [-0.2, -0.15) is 0 Å². The first-order valence-electron chi connectivity index (χ1n) is 12.7. The van der Waals surface area contributed by atoms with E-state index in [4.69, 9.17) is 4.74 Å². The smallest absolute Gasteiger partial charge is 0.407 e. The van der Waals surface area contributed by atoms with Crippen molar-refractivity contribution < 1.29 is 24.2 Å². The van der Waals surface area contributed by atoms with Crippen molar-refractivity contribution in [1.82, 2.24) is 9.80 Å². The number of carbonyl (C=O) groups excluding carboxylic acids is 2. The molecule has 3 amide bonds. The zero-order chi connectivity index (χ0) is 25.9. The zero-order valence-corrected chi connectivity index (χ0v) is 22.1. The fraction of sp³-hybridized carbons (Fsp3) is 0.667. The molecule has 194 valence electrons. The highest BCUT2D eigenvalue weighted by atomic mass is 16.5. The summed E-state index contributed by atoms with van der Waals surface area (Å²) in [5, 5.41) is 9.49. The molecule has 0 saturated carbocycles. The summed E-state index contributed by atoms with van der Waals surface area (Å²) < 4.78 is 5.17. The lowest BCUT2D eigenvalue weighted by molar-refractivity contribution is -0.127. The van der Waals surface area contributed by atoms with Gasteiger partial charge in [0.1, 0.15) is 0 Å². The fourth-order valence-electron chi connectivity index (χ4n) is 5.46. The second-order valence-corrected chi connectivity index (χ2v) is 10.8. The van der Waals surface area contributed by atoms with Gasteiger partial charge in [0.2, 0.25) is 5.91 Å². The van der Waals surface area contributed by atoms with E-state index in [-0.39, 0.29) is 23.9 Å². The number of ether oxygens (including phenoxy) is 1. The minimum absolute atomic E-state index is 0.0785. The summed E-state index contributed by atoms with van der Waals surface area (Å²) in [7, 11) is 1.67. The first-order chi connectivity index (χ1) is 16.5. The summed E-state index contributed by atoms with van der Waals surface area (Å²) in [5.74, 6) is -0.0241. The summed E-state index contributed by atoms with van der Waals surface area (Å²) in [6, 6.07) is 3.70. The van der Waals surface area contributed by atoms with Crippen molar-refractivity contribution in [3.8, 4) is 0 Å². The molecule has 1 saturated heterocycles. The van der Waals surface area contributed by atoms with E-state index < -0.39 is 11.5 Å². The number of hydrogen-bond donors (Lipinski definition) is 1. The van der Waals surface area contributed by atoms with Gasteiger partial charge < -0.3 is 24.5 Å². The first-order valence-corrected chi connectivity index (χ1v) is 12.7.